The summed E-state index contributed by atoms with van der Waals surface area (Å²) in [6.07, 6.45) is 0. The molecule has 1 amide bonds. The van der Waals surface area contributed by atoms with Gasteiger partial charge in [0.2, 0.25) is 0 Å². The zero-order valence-electron chi connectivity index (χ0n) is 17.8. The average Bonchev–Trinajstić information content (AvgIpc) is 3.07. The maximum atomic E-state index is 13.1. The van der Waals surface area contributed by atoms with Crippen LogP contribution in [0.2, 0.25) is 10.0 Å². The van der Waals surface area contributed by atoms with Crippen LogP contribution in [-0.2, 0) is 13.1 Å². The van der Waals surface area contributed by atoms with Gasteiger partial charge in [0.1, 0.15) is 0 Å². The third-order valence-electron chi connectivity index (χ3n) is 5.71. The minimum absolute atomic E-state index is 0.0747. The van der Waals surface area contributed by atoms with Gasteiger partial charge in [-0.1, -0.05) is 41.4 Å². The van der Waals surface area contributed by atoms with E-state index in [2.05, 4.69) is 16.1 Å². The van der Waals surface area contributed by atoms with E-state index in [0.717, 1.165) is 41.2 Å². The number of carbonyl (C=O) groups is 1. The van der Waals surface area contributed by atoms with Crippen LogP contribution in [0.3, 0.4) is 0 Å². The highest BCUT2D eigenvalue weighted by atomic mass is 35.5. The summed E-state index contributed by atoms with van der Waals surface area (Å²) in [4.78, 5) is 17.3. The summed E-state index contributed by atoms with van der Waals surface area (Å²) >= 11 is 12.6. The van der Waals surface area contributed by atoms with Crippen LogP contribution in [-0.4, -0.2) is 51.7 Å². The zero-order chi connectivity index (χ0) is 22.0. The Morgan fingerprint density at radius 3 is 2.26 bits per heavy atom. The van der Waals surface area contributed by atoms with E-state index < -0.39 is 0 Å². The molecule has 1 fully saturated rings. The molecule has 0 radical (unpaired) electrons. The molecular formula is C24H26Cl2N4O. The Kier molecular flexibility index (Phi) is 6.65. The third-order valence-corrected chi connectivity index (χ3v) is 6.42. The summed E-state index contributed by atoms with van der Waals surface area (Å²) in [6, 6.07) is 15.5. The van der Waals surface area contributed by atoms with Gasteiger partial charge < -0.3 is 4.90 Å². The van der Waals surface area contributed by atoms with Gasteiger partial charge in [-0.05, 0) is 49.7 Å². The number of rotatable bonds is 5. The van der Waals surface area contributed by atoms with Crippen molar-refractivity contribution in [3.05, 3.63) is 86.7 Å². The average molecular weight is 457 g/mol. The Labute approximate surface area is 193 Å². The van der Waals surface area contributed by atoms with Crippen molar-refractivity contribution >= 4 is 29.1 Å². The van der Waals surface area contributed by atoms with Gasteiger partial charge in [-0.25, -0.2) is 0 Å². The molecule has 1 aliphatic rings. The van der Waals surface area contributed by atoms with Crippen LogP contribution in [0.4, 0.5) is 0 Å². The molecule has 0 bridgehead atoms. The van der Waals surface area contributed by atoms with Gasteiger partial charge in [0.15, 0.2) is 0 Å². The normalized spacial score (nSPS) is 14.8. The molecule has 4 rings (SSSR count). The number of aryl methyl sites for hydroxylation is 2. The number of hydrogen-bond donors (Lipinski definition) is 0. The van der Waals surface area contributed by atoms with E-state index in [-0.39, 0.29) is 5.91 Å². The maximum Gasteiger partial charge on any atom is 0.253 e. The summed E-state index contributed by atoms with van der Waals surface area (Å²) in [7, 11) is 0. The molecule has 0 saturated carbocycles. The molecule has 1 aliphatic heterocycles. The van der Waals surface area contributed by atoms with Crippen molar-refractivity contribution in [2.45, 2.75) is 26.9 Å². The number of carbonyl (C=O) groups excluding carboxylic acids is 1. The van der Waals surface area contributed by atoms with E-state index in [4.69, 9.17) is 23.2 Å². The zero-order valence-corrected chi connectivity index (χ0v) is 19.3. The van der Waals surface area contributed by atoms with E-state index in [0.29, 0.717) is 36.2 Å². The summed E-state index contributed by atoms with van der Waals surface area (Å²) in [5.41, 5.74) is 4.86. The van der Waals surface area contributed by atoms with Crippen LogP contribution in [0, 0.1) is 13.8 Å². The SMILES string of the molecule is Cc1cc(C)n(Cc2cccc(C(=O)N3CCN(Cc4c(Cl)cccc4Cl)CC3)c2)n1. The van der Waals surface area contributed by atoms with Crippen molar-refractivity contribution in [2.75, 3.05) is 26.2 Å². The monoisotopic (exact) mass is 456 g/mol. The van der Waals surface area contributed by atoms with Gasteiger partial charge in [-0.2, -0.15) is 5.10 Å². The van der Waals surface area contributed by atoms with Crippen molar-refractivity contribution < 1.29 is 4.79 Å². The second kappa shape index (κ2) is 9.43. The highest BCUT2D eigenvalue weighted by Gasteiger charge is 2.23. The molecule has 5 nitrogen and oxygen atoms in total. The predicted octanol–water partition coefficient (Wildman–Crippen LogP) is 4.81. The number of benzene rings is 2. The van der Waals surface area contributed by atoms with Crippen LogP contribution in [0.15, 0.2) is 48.5 Å². The summed E-state index contributed by atoms with van der Waals surface area (Å²) < 4.78 is 1.97. The molecule has 0 atom stereocenters. The summed E-state index contributed by atoms with van der Waals surface area (Å²) in [6.45, 7) is 8.33. The predicted molar refractivity (Wildman–Crippen MR) is 125 cm³/mol. The number of hydrogen-bond acceptors (Lipinski definition) is 3. The standard InChI is InChI=1S/C24H26Cl2N4O/c1-17-13-18(2)30(27-17)15-19-5-3-6-20(14-19)24(31)29-11-9-28(10-12-29)16-21-22(25)7-4-8-23(21)26/h3-8,13-14H,9-12,15-16H2,1-2H3. The molecule has 1 saturated heterocycles. The second-order valence-electron chi connectivity index (χ2n) is 8.05. The lowest BCUT2D eigenvalue weighted by molar-refractivity contribution is 0.0628. The Balaban J connectivity index is 1.38. The van der Waals surface area contributed by atoms with E-state index in [1.54, 1.807) is 0 Å². The van der Waals surface area contributed by atoms with Crippen molar-refractivity contribution in [2.24, 2.45) is 0 Å². The fourth-order valence-corrected chi connectivity index (χ4v) is 4.53. The highest BCUT2D eigenvalue weighted by molar-refractivity contribution is 6.35. The first-order chi connectivity index (χ1) is 14.9. The van der Waals surface area contributed by atoms with Crippen LogP contribution in [0.1, 0.15) is 32.9 Å². The Morgan fingerprint density at radius 2 is 1.61 bits per heavy atom. The molecule has 0 unspecified atom stereocenters. The van der Waals surface area contributed by atoms with Crippen LogP contribution >= 0.6 is 23.2 Å². The fraction of sp³-hybridized carbons (Fsp3) is 0.333. The van der Waals surface area contributed by atoms with Gasteiger partial charge in [0.25, 0.3) is 5.91 Å². The molecule has 1 aromatic heterocycles. The molecule has 7 heteroatoms. The number of nitrogens with zero attached hydrogens (tertiary/aromatic N) is 4. The largest absolute Gasteiger partial charge is 0.336 e. The van der Waals surface area contributed by atoms with Gasteiger partial charge >= 0.3 is 0 Å². The number of piperazine rings is 1. The first-order valence-corrected chi connectivity index (χ1v) is 11.2. The minimum atomic E-state index is 0.0747. The van der Waals surface area contributed by atoms with Gasteiger partial charge in [-0.3, -0.25) is 14.4 Å². The van der Waals surface area contributed by atoms with Crippen molar-refractivity contribution in [3.8, 4) is 0 Å². The number of amides is 1. The lowest BCUT2D eigenvalue weighted by atomic mass is 10.1. The Hall–Kier alpha value is -2.34. The van der Waals surface area contributed by atoms with Crippen molar-refractivity contribution in [1.29, 1.82) is 0 Å². The maximum absolute atomic E-state index is 13.1. The molecule has 0 spiro atoms. The van der Waals surface area contributed by atoms with Crippen molar-refractivity contribution in [1.82, 2.24) is 19.6 Å². The van der Waals surface area contributed by atoms with E-state index in [9.17, 15) is 4.79 Å². The summed E-state index contributed by atoms with van der Waals surface area (Å²) in [5, 5.41) is 5.89. The molecule has 162 valence electrons. The second-order valence-corrected chi connectivity index (χ2v) is 8.87. The lowest BCUT2D eigenvalue weighted by Gasteiger charge is -2.35. The Bertz CT molecular complexity index is 1070. The fourth-order valence-electron chi connectivity index (χ4n) is 4.01. The first kappa shape index (κ1) is 21.9. The van der Waals surface area contributed by atoms with Crippen LogP contribution in [0.5, 0.6) is 0 Å². The summed E-state index contributed by atoms with van der Waals surface area (Å²) in [5.74, 6) is 0.0747. The first-order valence-electron chi connectivity index (χ1n) is 10.5. The minimum Gasteiger partial charge on any atom is -0.336 e. The van der Waals surface area contributed by atoms with E-state index in [1.807, 2.05) is 65.9 Å². The lowest BCUT2D eigenvalue weighted by Crippen LogP contribution is -2.48. The van der Waals surface area contributed by atoms with Gasteiger partial charge in [-0.15, -0.1) is 0 Å². The molecule has 0 N–H and O–H groups in total. The van der Waals surface area contributed by atoms with Gasteiger partial charge in [0, 0.05) is 59.6 Å². The number of halogens is 2. The number of aromatic nitrogens is 2. The molecule has 2 heterocycles. The van der Waals surface area contributed by atoms with Crippen LogP contribution < -0.4 is 0 Å². The topological polar surface area (TPSA) is 41.4 Å². The molecule has 0 aliphatic carbocycles. The third kappa shape index (κ3) is 5.12. The molecular weight excluding hydrogens is 431 g/mol. The van der Waals surface area contributed by atoms with E-state index >= 15 is 0 Å². The molecule has 2 aromatic carbocycles. The molecule has 31 heavy (non-hydrogen) atoms. The van der Waals surface area contributed by atoms with E-state index in [1.165, 1.54) is 0 Å². The quantitative estimate of drug-likeness (QED) is 0.552. The van der Waals surface area contributed by atoms with Gasteiger partial charge in [0.05, 0.1) is 12.2 Å². The van der Waals surface area contributed by atoms with Crippen molar-refractivity contribution in [3.63, 3.8) is 0 Å². The Morgan fingerprint density at radius 1 is 0.935 bits per heavy atom. The smallest absolute Gasteiger partial charge is 0.253 e. The highest BCUT2D eigenvalue weighted by Crippen LogP contribution is 2.26. The van der Waals surface area contributed by atoms with Crippen LogP contribution in [0.25, 0.3) is 0 Å². The molecule has 3 aromatic rings.